The molecule has 1 aliphatic heterocycles. The molecule has 11 aromatic rings. The van der Waals surface area contributed by atoms with Crippen LogP contribution in [0.25, 0.3) is 44.5 Å². The van der Waals surface area contributed by atoms with Gasteiger partial charge < -0.3 is 14.5 Å². The van der Waals surface area contributed by atoms with Crippen LogP contribution in [-0.2, 0) is 16.2 Å². The summed E-state index contributed by atoms with van der Waals surface area (Å²) >= 11 is 0. The van der Waals surface area contributed by atoms with E-state index in [0.717, 1.165) is 67.9 Å². The van der Waals surface area contributed by atoms with Crippen molar-refractivity contribution in [3.05, 3.63) is 299 Å². The van der Waals surface area contributed by atoms with Gasteiger partial charge in [0.15, 0.2) is 0 Å². The Hall–Kier alpha value is -9.18. The molecule has 0 fully saturated rings. The first-order chi connectivity index (χ1) is 37.2. The fourth-order valence-corrected chi connectivity index (χ4v) is 13.8. The standard InChI is InChI=1S/C73H54N2O/c1-71(2)60-25-11-8-21-54(60)57-43-41-52(45-65(57)71)74(49-19-6-5-7-20-49)50-37-33-47(34-38-50)48-35-39-51(40-36-48)75(53-42-44-58-55-22-9-12-26-61(55)72(3,4)66(58)46-53)67-30-18-24-59-56-23-10-13-27-62(56)73(70(59)67)63-28-14-16-31-68(63)76-69-32-17-15-29-64(69)73/h5-46H,1-4H3. The fourth-order valence-electron chi connectivity index (χ4n) is 13.8. The molecule has 362 valence electrons. The van der Waals surface area contributed by atoms with Gasteiger partial charge in [0.05, 0.1) is 11.1 Å². The molecule has 0 saturated carbocycles. The maximum atomic E-state index is 6.81. The number of hydrogen-bond acceptors (Lipinski definition) is 3. The van der Waals surface area contributed by atoms with Crippen LogP contribution < -0.4 is 14.5 Å². The molecule has 3 heteroatoms. The number of anilines is 6. The summed E-state index contributed by atoms with van der Waals surface area (Å²) in [6.07, 6.45) is 0. The zero-order chi connectivity index (χ0) is 50.9. The molecule has 0 unspecified atom stereocenters. The van der Waals surface area contributed by atoms with E-state index in [1.54, 1.807) is 0 Å². The van der Waals surface area contributed by atoms with Crippen molar-refractivity contribution in [3.63, 3.8) is 0 Å². The summed E-state index contributed by atoms with van der Waals surface area (Å²) in [6.45, 7) is 9.45. The monoisotopic (exact) mass is 974 g/mol. The van der Waals surface area contributed by atoms with Crippen LogP contribution in [-0.4, -0.2) is 0 Å². The minimum absolute atomic E-state index is 0.104. The van der Waals surface area contributed by atoms with E-state index in [-0.39, 0.29) is 10.8 Å². The summed E-state index contributed by atoms with van der Waals surface area (Å²) in [5.74, 6) is 1.76. The molecule has 3 aliphatic carbocycles. The molecule has 15 rings (SSSR count). The van der Waals surface area contributed by atoms with Crippen molar-refractivity contribution in [2.45, 2.75) is 43.9 Å². The first kappa shape index (κ1) is 44.3. The van der Waals surface area contributed by atoms with Gasteiger partial charge in [0.25, 0.3) is 0 Å². The van der Waals surface area contributed by atoms with Crippen molar-refractivity contribution < 1.29 is 4.74 Å². The number of ether oxygens (including phenoxy) is 1. The molecule has 1 spiro atoms. The lowest BCUT2D eigenvalue weighted by Gasteiger charge is -2.41. The Kier molecular flexibility index (Phi) is 9.57. The smallest absolute Gasteiger partial charge is 0.132 e. The molecule has 0 atom stereocenters. The van der Waals surface area contributed by atoms with E-state index in [9.17, 15) is 0 Å². The molecular formula is C73H54N2O. The Labute approximate surface area is 445 Å². The van der Waals surface area contributed by atoms with E-state index >= 15 is 0 Å². The van der Waals surface area contributed by atoms with Crippen LogP contribution in [0.3, 0.4) is 0 Å². The Bertz CT molecular complexity index is 4100. The summed E-state index contributed by atoms with van der Waals surface area (Å²) in [6, 6.07) is 94.3. The number of benzene rings is 11. The SMILES string of the molecule is CC1(C)c2ccccc2-c2ccc(N(c3ccccc3)c3ccc(-c4ccc(N(c5ccc6c(c5)C(C)(C)c5ccccc5-6)c5cccc6c5C5(c7ccccc7Oc7ccccc75)c5ccccc5-6)cc4)cc3)cc21. The molecule has 0 saturated heterocycles. The second-order valence-corrected chi connectivity index (χ2v) is 22.0. The first-order valence-electron chi connectivity index (χ1n) is 26.7. The molecular weight excluding hydrogens is 921 g/mol. The third-order valence-corrected chi connectivity index (χ3v) is 17.3. The largest absolute Gasteiger partial charge is 0.457 e. The molecule has 4 aliphatic rings. The highest BCUT2D eigenvalue weighted by atomic mass is 16.5. The van der Waals surface area contributed by atoms with E-state index in [4.69, 9.17) is 4.74 Å². The zero-order valence-electron chi connectivity index (χ0n) is 43.1. The van der Waals surface area contributed by atoms with Gasteiger partial charge in [-0.3, -0.25) is 0 Å². The van der Waals surface area contributed by atoms with Crippen LogP contribution >= 0.6 is 0 Å². The first-order valence-corrected chi connectivity index (χ1v) is 26.7. The van der Waals surface area contributed by atoms with E-state index in [1.807, 2.05) is 0 Å². The molecule has 0 amide bonds. The molecule has 0 bridgehead atoms. The van der Waals surface area contributed by atoms with Crippen LogP contribution in [0.5, 0.6) is 11.5 Å². The zero-order valence-corrected chi connectivity index (χ0v) is 43.1. The van der Waals surface area contributed by atoms with Crippen LogP contribution in [0.15, 0.2) is 255 Å². The topological polar surface area (TPSA) is 15.7 Å². The van der Waals surface area contributed by atoms with Crippen LogP contribution in [0.1, 0.15) is 72.2 Å². The maximum absolute atomic E-state index is 6.81. The van der Waals surface area contributed by atoms with Gasteiger partial charge in [0, 0.05) is 56.0 Å². The molecule has 0 radical (unpaired) electrons. The summed E-state index contributed by atoms with van der Waals surface area (Å²) in [7, 11) is 0. The minimum atomic E-state index is -0.658. The minimum Gasteiger partial charge on any atom is -0.457 e. The Morgan fingerprint density at radius 2 is 0.658 bits per heavy atom. The van der Waals surface area contributed by atoms with Crippen molar-refractivity contribution in [2.75, 3.05) is 9.80 Å². The molecule has 3 nitrogen and oxygen atoms in total. The third kappa shape index (κ3) is 6.23. The van der Waals surface area contributed by atoms with Crippen molar-refractivity contribution in [1.29, 1.82) is 0 Å². The Morgan fingerprint density at radius 1 is 0.276 bits per heavy atom. The highest BCUT2D eigenvalue weighted by molar-refractivity contribution is 5.97. The van der Waals surface area contributed by atoms with Gasteiger partial charge in [-0.05, 0) is 151 Å². The molecule has 0 aromatic heterocycles. The van der Waals surface area contributed by atoms with Crippen molar-refractivity contribution >= 4 is 34.1 Å². The normalized spacial score (nSPS) is 14.7. The average Bonchev–Trinajstić information content (AvgIpc) is 4.06. The predicted molar refractivity (Wildman–Crippen MR) is 314 cm³/mol. The third-order valence-electron chi connectivity index (χ3n) is 17.3. The number of rotatable bonds is 7. The average molecular weight is 975 g/mol. The van der Waals surface area contributed by atoms with E-state index in [2.05, 4.69) is 292 Å². The predicted octanol–water partition coefficient (Wildman–Crippen LogP) is 19.4. The molecule has 0 N–H and O–H groups in total. The van der Waals surface area contributed by atoms with Gasteiger partial charge in [0.1, 0.15) is 11.5 Å². The van der Waals surface area contributed by atoms with Crippen LogP contribution in [0.4, 0.5) is 34.1 Å². The maximum Gasteiger partial charge on any atom is 0.132 e. The van der Waals surface area contributed by atoms with Gasteiger partial charge in [-0.2, -0.15) is 0 Å². The van der Waals surface area contributed by atoms with Gasteiger partial charge in [-0.25, -0.2) is 0 Å². The Morgan fingerprint density at radius 3 is 1.20 bits per heavy atom. The van der Waals surface area contributed by atoms with Gasteiger partial charge in [0.2, 0.25) is 0 Å². The van der Waals surface area contributed by atoms with Crippen molar-refractivity contribution in [1.82, 2.24) is 0 Å². The lowest BCUT2D eigenvalue weighted by molar-refractivity contribution is 0.436. The van der Waals surface area contributed by atoms with Gasteiger partial charge in [-0.1, -0.05) is 204 Å². The second-order valence-electron chi connectivity index (χ2n) is 22.0. The van der Waals surface area contributed by atoms with Gasteiger partial charge in [-0.15, -0.1) is 0 Å². The molecule has 1 heterocycles. The number of hydrogen-bond donors (Lipinski definition) is 0. The van der Waals surface area contributed by atoms with Crippen LogP contribution in [0, 0.1) is 0 Å². The highest BCUT2D eigenvalue weighted by Gasteiger charge is 2.53. The van der Waals surface area contributed by atoms with E-state index in [0.29, 0.717) is 0 Å². The summed E-state index contributed by atoms with van der Waals surface area (Å²) < 4.78 is 6.81. The van der Waals surface area contributed by atoms with E-state index < -0.39 is 5.41 Å². The van der Waals surface area contributed by atoms with Gasteiger partial charge >= 0.3 is 0 Å². The van der Waals surface area contributed by atoms with Crippen molar-refractivity contribution in [3.8, 4) is 56.0 Å². The Balaban J connectivity index is 0.873. The summed E-state index contributed by atoms with van der Waals surface area (Å²) in [4.78, 5) is 4.91. The second kappa shape index (κ2) is 16.4. The fraction of sp³-hybridized carbons (Fsp3) is 0.0959. The van der Waals surface area contributed by atoms with E-state index in [1.165, 1.54) is 66.8 Å². The quantitative estimate of drug-likeness (QED) is 0.158. The highest BCUT2D eigenvalue weighted by Crippen LogP contribution is 2.65. The summed E-state index contributed by atoms with van der Waals surface area (Å²) in [5, 5.41) is 0. The lowest BCUT2D eigenvalue weighted by Crippen LogP contribution is -2.33. The lowest BCUT2D eigenvalue weighted by atomic mass is 9.65. The van der Waals surface area contributed by atoms with Crippen LogP contribution in [0.2, 0.25) is 0 Å². The number of para-hydroxylation sites is 3. The summed E-state index contributed by atoms with van der Waals surface area (Å²) in [5.41, 5.74) is 26.0. The van der Waals surface area contributed by atoms with Crippen molar-refractivity contribution in [2.24, 2.45) is 0 Å². The molecule has 76 heavy (non-hydrogen) atoms. The molecule has 11 aromatic carbocycles. The number of fused-ring (bicyclic) bond motifs is 15. The number of nitrogens with zero attached hydrogens (tertiary/aromatic N) is 2.